The Morgan fingerprint density at radius 2 is 2.24 bits per heavy atom. The van der Waals surface area contributed by atoms with Gasteiger partial charge in [0.25, 0.3) is 10.9 Å². The topological polar surface area (TPSA) is 85.1 Å². The fraction of sp³-hybridized carbons (Fsp3) is 0.300. The molecule has 5 nitrogen and oxygen atoms in total. The highest BCUT2D eigenvalue weighted by molar-refractivity contribution is 7.98. The van der Waals surface area contributed by atoms with Crippen molar-refractivity contribution < 1.29 is 0 Å². The third-order valence-corrected chi connectivity index (χ3v) is 3.83. The fourth-order valence-electron chi connectivity index (χ4n) is 1.32. The highest BCUT2D eigenvalue weighted by Crippen LogP contribution is 2.13. The molecule has 0 atom stereocenters. The van der Waals surface area contributed by atoms with Crippen molar-refractivity contribution in [3.8, 4) is 0 Å². The summed E-state index contributed by atoms with van der Waals surface area (Å²) in [4.78, 5) is 21.9. The number of nitrogens with one attached hydrogen (secondary N) is 1. The van der Waals surface area contributed by atoms with Gasteiger partial charge in [-0.3, -0.25) is 9.59 Å². The predicted octanol–water partition coefficient (Wildman–Crippen LogP) is 0.667. The predicted molar refractivity (Wildman–Crippen MR) is 72.5 cm³/mol. The van der Waals surface area contributed by atoms with Crippen molar-refractivity contribution in [1.82, 2.24) is 4.37 Å². The Morgan fingerprint density at radius 1 is 1.41 bits per heavy atom. The Balaban J connectivity index is 1.67. The van der Waals surface area contributed by atoms with E-state index in [-0.39, 0.29) is 11.4 Å². The number of aromatic nitrogens is 1. The van der Waals surface area contributed by atoms with Crippen molar-refractivity contribution >= 4 is 34.7 Å². The van der Waals surface area contributed by atoms with Crippen LogP contribution < -0.4 is 21.9 Å². The third-order valence-electron chi connectivity index (χ3n) is 2.24. The number of hydrogen-bond acceptors (Lipinski definition) is 7. The van der Waals surface area contributed by atoms with E-state index in [4.69, 9.17) is 5.73 Å². The first-order valence-corrected chi connectivity index (χ1v) is 6.99. The summed E-state index contributed by atoms with van der Waals surface area (Å²) >= 11 is 3.15. The second kappa shape index (κ2) is 5.33. The first kappa shape index (κ1) is 12.1. The molecular weight excluding hydrogens is 258 g/mol. The molecule has 0 bridgehead atoms. The average Bonchev–Trinajstić information content (AvgIpc) is 2.85. The molecule has 0 radical (unpaired) electrons. The van der Waals surface area contributed by atoms with E-state index in [2.05, 4.69) is 9.69 Å². The van der Waals surface area contributed by atoms with E-state index >= 15 is 0 Å². The van der Waals surface area contributed by atoms with Gasteiger partial charge in [0.05, 0.1) is 5.69 Å². The molecule has 90 valence electrons. The molecule has 17 heavy (non-hydrogen) atoms. The zero-order valence-corrected chi connectivity index (χ0v) is 10.6. The van der Waals surface area contributed by atoms with Crippen LogP contribution in [-0.2, 0) is 5.75 Å². The van der Waals surface area contributed by atoms with Gasteiger partial charge in [0, 0.05) is 23.4 Å². The number of nitrogens with zero attached hydrogens (tertiary/aromatic N) is 1. The first-order chi connectivity index (χ1) is 8.20. The average molecular weight is 269 g/mol. The van der Waals surface area contributed by atoms with Crippen molar-refractivity contribution in [3.63, 3.8) is 0 Å². The van der Waals surface area contributed by atoms with Gasteiger partial charge in [-0.25, -0.2) is 0 Å². The molecule has 0 aliphatic carbocycles. The molecule has 0 spiro atoms. The summed E-state index contributed by atoms with van der Waals surface area (Å²) in [6, 6.07) is 1.99. The number of anilines is 2. The third kappa shape index (κ3) is 2.67. The Bertz CT molecular complexity index is 558. The van der Waals surface area contributed by atoms with Crippen LogP contribution >= 0.6 is 23.3 Å². The van der Waals surface area contributed by atoms with Crippen molar-refractivity contribution in [1.29, 1.82) is 0 Å². The van der Waals surface area contributed by atoms with E-state index in [1.165, 1.54) is 11.5 Å². The number of nitrogens with two attached hydrogens (primary N) is 1. The molecule has 0 fully saturated rings. The Kier molecular flexibility index (Phi) is 3.80. The lowest BCUT2D eigenvalue weighted by Crippen LogP contribution is -2.37. The van der Waals surface area contributed by atoms with Crippen molar-refractivity contribution in [2.75, 3.05) is 23.3 Å². The van der Waals surface area contributed by atoms with Crippen LogP contribution in [0.5, 0.6) is 0 Å². The summed E-state index contributed by atoms with van der Waals surface area (Å²) in [6.07, 6.45) is 0. The van der Waals surface area contributed by atoms with E-state index < -0.39 is 10.9 Å². The molecule has 0 unspecified atom stereocenters. The van der Waals surface area contributed by atoms with E-state index in [0.717, 1.165) is 17.2 Å². The summed E-state index contributed by atoms with van der Waals surface area (Å²) in [5, 5.41) is 4.82. The van der Waals surface area contributed by atoms with E-state index in [0.29, 0.717) is 6.54 Å². The van der Waals surface area contributed by atoms with Gasteiger partial charge in [0.15, 0.2) is 0 Å². The second-order valence-electron chi connectivity index (χ2n) is 3.42. The van der Waals surface area contributed by atoms with E-state index in [1.54, 1.807) is 11.8 Å². The van der Waals surface area contributed by atoms with Crippen LogP contribution in [0.15, 0.2) is 21.0 Å². The van der Waals surface area contributed by atoms with Gasteiger partial charge in [0.1, 0.15) is 11.4 Å². The summed E-state index contributed by atoms with van der Waals surface area (Å²) in [7, 11) is 0. The van der Waals surface area contributed by atoms with Gasteiger partial charge >= 0.3 is 0 Å². The molecule has 2 aromatic rings. The van der Waals surface area contributed by atoms with Crippen LogP contribution in [0.2, 0.25) is 0 Å². The van der Waals surface area contributed by atoms with Crippen LogP contribution in [0.1, 0.15) is 5.69 Å². The summed E-state index contributed by atoms with van der Waals surface area (Å²) < 4.78 is 4.18. The van der Waals surface area contributed by atoms with Gasteiger partial charge < -0.3 is 11.1 Å². The number of rotatable bonds is 6. The standard InChI is InChI=1S/C10H11N3O2S2/c11-7-8(10(15)9(7)14)12-2-4-16-5-6-1-3-17-13-6/h1,3,12H,2,4-5,11H2. The van der Waals surface area contributed by atoms with Crippen LogP contribution in [-0.4, -0.2) is 16.7 Å². The second-order valence-corrected chi connectivity index (χ2v) is 5.19. The van der Waals surface area contributed by atoms with Crippen LogP contribution in [0.4, 0.5) is 11.4 Å². The molecule has 0 aliphatic rings. The largest absolute Gasteiger partial charge is 0.394 e. The zero-order valence-electron chi connectivity index (χ0n) is 8.93. The SMILES string of the molecule is Nc1c(NCCSCc2ccsn2)c(=O)c1=O. The lowest BCUT2D eigenvalue weighted by atomic mass is 10.2. The molecule has 0 aliphatic heterocycles. The highest BCUT2D eigenvalue weighted by atomic mass is 32.2. The maximum Gasteiger partial charge on any atom is 0.253 e. The molecule has 3 N–H and O–H groups in total. The van der Waals surface area contributed by atoms with Gasteiger partial charge in [-0.15, -0.1) is 0 Å². The van der Waals surface area contributed by atoms with Gasteiger partial charge in [-0.05, 0) is 17.6 Å². The lowest BCUT2D eigenvalue weighted by molar-refractivity contribution is 1.19. The minimum absolute atomic E-state index is 0.0551. The molecule has 1 aromatic heterocycles. The molecular formula is C10H11N3O2S2. The molecule has 1 heterocycles. The Morgan fingerprint density at radius 3 is 2.88 bits per heavy atom. The smallest absolute Gasteiger partial charge is 0.253 e. The monoisotopic (exact) mass is 269 g/mol. The van der Waals surface area contributed by atoms with Crippen LogP contribution in [0.25, 0.3) is 0 Å². The van der Waals surface area contributed by atoms with Crippen LogP contribution in [0, 0.1) is 0 Å². The summed E-state index contributed by atoms with van der Waals surface area (Å²) in [6.45, 7) is 0.615. The van der Waals surface area contributed by atoms with Crippen molar-refractivity contribution in [2.45, 2.75) is 5.75 Å². The molecule has 7 heteroatoms. The quantitative estimate of drug-likeness (QED) is 0.592. The highest BCUT2D eigenvalue weighted by Gasteiger charge is 2.16. The fourth-order valence-corrected chi connectivity index (χ4v) is 2.70. The Hall–Kier alpha value is -1.34. The number of hydrogen-bond donors (Lipinski definition) is 2. The minimum atomic E-state index is -0.581. The molecule has 0 saturated heterocycles. The lowest BCUT2D eigenvalue weighted by Gasteiger charge is -2.08. The Labute approximate surface area is 106 Å². The number of thioether (sulfide) groups is 1. The number of nitrogen functional groups attached to an aromatic ring is 1. The maximum absolute atomic E-state index is 11.1. The summed E-state index contributed by atoms with van der Waals surface area (Å²) in [5.74, 6) is 1.68. The summed E-state index contributed by atoms with van der Waals surface area (Å²) in [5.41, 5.74) is 5.68. The van der Waals surface area contributed by atoms with Gasteiger partial charge in [-0.2, -0.15) is 16.1 Å². The maximum atomic E-state index is 11.1. The molecule has 0 saturated carbocycles. The van der Waals surface area contributed by atoms with Crippen molar-refractivity contribution in [3.05, 3.63) is 37.6 Å². The zero-order chi connectivity index (χ0) is 12.3. The first-order valence-electron chi connectivity index (χ1n) is 5.00. The van der Waals surface area contributed by atoms with E-state index in [1.807, 2.05) is 11.4 Å². The van der Waals surface area contributed by atoms with Crippen molar-refractivity contribution in [2.24, 2.45) is 0 Å². The molecule has 1 aromatic carbocycles. The molecule has 0 amide bonds. The van der Waals surface area contributed by atoms with Gasteiger partial charge in [0.2, 0.25) is 0 Å². The normalized spacial score (nSPS) is 10.8. The van der Waals surface area contributed by atoms with Gasteiger partial charge in [-0.1, -0.05) is 0 Å². The minimum Gasteiger partial charge on any atom is -0.394 e. The molecule has 2 rings (SSSR count). The van der Waals surface area contributed by atoms with E-state index in [9.17, 15) is 9.59 Å². The van der Waals surface area contributed by atoms with Crippen LogP contribution in [0.3, 0.4) is 0 Å².